The third-order valence-corrected chi connectivity index (χ3v) is 5.78. The molecule has 20 heavy (non-hydrogen) atoms. The summed E-state index contributed by atoms with van der Waals surface area (Å²) >= 11 is 0. The molecule has 0 aromatic heterocycles. The van der Waals surface area contributed by atoms with Gasteiger partial charge < -0.3 is 4.74 Å². The van der Waals surface area contributed by atoms with Crippen LogP contribution >= 0.6 is 0 Å². The van der Waals surface area contributed by atoms with Crippen molar-refractivity contribution in [3.8, 4) is 0 Å². The number of esters is 1. The molecule has 0 saturated heterocycles. The molecule has 0 aliphatic heterocycles. The third kappa shape index (κ3) is 3.38. The molecule has 2 aliphatic carbocycles. The number of fused-ring (bicyclic) bond motifs is 2. The average molecular weight is 280 g/mol. The minimum atomic E-state index is -0.127. The predicted octanol–water partition coefficient (Wildman–Crippen LogP) is 4.96. The summed E-state index contributed by atoms with van der Waals surface area (Å²) in [4.78, 5) is 12.5. The van der Waals surface area contributed by atoms with E-state index >= 15 is 0 Å². The zero-order valence-corrected chi connectivity index (χ0v) is 14.0. The van der Waals surface area contributed by atoms with Gasteiger partial charge in [0.05, 0.1) is 5.92 Å². The molecule has 2 nitrogen and oxygen atoms in total. The van der Waals surface area contributed by atoms with E-state index in [1.807, 2.05) is 6.92 Å². The highest BCUT2D eigenvalue weighted by molar-refractivity contribution is 5.73. The Morgan fingerprint density at radius 3 is 2.65 bits per heavy atom. The van der Waals surface area contributed by atoms with Crippen LogP contribution < -0.4 is 0 Å². The monoisotopic (exact) mass is 280 g/mol. The highest BCUT2D eigenvalue weighted by Gasteiger charge is 2.46. The molecule has 4 atom stereocenters. The van der Waals surface area contributed by atoms with Crippen LogP contribution in [0.4, 0.5) is 0 Å². The summed E-state index contributed by atoms with van der Waals surface area (Å²) in [5.74, 6) is 1.54. The Bertz CT molecular complexity index is 355. The minimum Gasteiger partial charge on any atom is -0.459 e. The largest absolute Gasteiger partial charge is 0.459 e. The Labute approximate surface area is 124 Å². The van der Waals surface area contributed by atoms with E-state index in [1.54, 1.807) is 0 Å². The molecule has 0 heterocycles. The van der Waals surface area contributed by atoms with E-state index in [4.69, 9.17) is 4.74 Å². The smallest absolute Gasteiger partial charge is 0.309 e. The van der Waals surface area contributed by atoms with E-state index in [0.29, 0.717) is 0 Å². The zero-order chi connectivity index (χ0) is 15.0. The Morgan fingerprint density at radius 2 is 2.05 bits per heavy atom. The van der Waals surface area contributed by atoms with Crippen molar-refractivity contribution in [2.24, 2.45) is 23.2 Å². The SMILES string of the molecule is CCC1CC2CCCC(OC(=O)C(C)C(C)(C)C)(C1)C2. The summed E-state index contributed by atoms with van der Waals surface area (Å²) in [5.41, 5.74) is -0.140. The van der Waals surface area contributed by atoms with E-state index in [-0.39, 0.29) is 22.9 Å². The van der Waals surface area contributed by atoms with Gasteiger partial charge >= 0.3 is 5.97 Å². The summed E-state index contributed by atoms with van der Waals surface area (Å²) in [6.45, 7) is 10.7. The number of carbonyl (C=O) groups excluding carboxylic acids is 1. The first-order valence-corrected chi connectivity index (χ1v) is 8.48. The molecule has 0 spiro atoms. The number of hydrogen-bond acceptors (Lipinski definition) is 2. The summed E-state index contributed by atoms with van der Waals surface area (Å²) in [6.07, 6.45) is 8.45. The molecule has 2 fully saturated rings. The molecule has 0 radical (unpaired) electrons. The number of hydrogen-bond donors (Lipinski definition) is 0. The lowest BCUT2D eigenvalue weighted by Gasteiger charge is -2.48. The van der Waals surface area contributed by atoms with Crippen LogP contribution in [-0.2, 0) is 9.53 Å². The maximum absolute atomic E-state index is 12.5. The van der Waals surface area contributed by atoms with Crippen molar-refractivity contribution in [2.75, 3.05) is 0 Å². The number of carbonyl (C=O) groups is 1. The first-order chi connectivity index (χ1) is 9.26. The van der Waals surface area contributed by atoms with Gasteiger partial charge in [0.25, 0.3) is 0 Å². The van der Waals surface area contributed by atoms with Gasteiger partial charge in [0.15, 0.2) is 0 Å². The molecule has 2 saturated carbocycles. The molecule has 4 unspecified atom stereocenters. The lowest BCUT2D eigenvalue weighted by atomic mass is 9.64. The highest BCUT2D eigenvalue weighted by atomic mass is 16.6. The summed E-state index contributed by atoms with van der Waals surface area (Å²) < 4.78 is 6.13. The van der Waals surface area contributed by atoms with Crippen LogP contribution in [0.1, 0.15) is 79.6 Å². The predicted molar refractivity (Wildman–Crippen MR) is 82.4 cm³/mol. The van der Waals surface area contributed by atoms with Gasteiger partial charge in [-0.1, -0.05) is 47.5 Å². The van der Waals surface area contributed by atoms with Crippen molar-refractivity contribution < 1.29 is 9.53 Å². The third-order valence-electron chi connectivity index (χ3n) is 5.78. The van der Waals surface area contributed by atoms with E-state index in [9.17, 15) is 4.79 Å². The first-order valence-electron chi connectivity index (χ1n) is 8.48. The van der Waals surface area contributed by atoms with E-state index < -0.39 is 0 Å². The van der Waals surface area contributed by atoms with Crippen molar-refractivity contribution in [1.82, 2.24) is 0 Å². The fourth-order valence-electron chi connectivity index (χ4n) is 4.01. The van der Waals surface area contributed by atoms with Gasteiger partial charge in [-0.15, -0.1) is 0 Å². The average Bonchev–Trinajstić information content (AvgIpc) is 2.35. The van der Waals surface area contributed by atoms with E-state index in [0.717, 1.165) is 31.1 Å². The Morgan fingerprint density at radius 1 is 1.35 bits per heavy atom. The molecule has 116 valence electrons. The van der Waals surface area contributed by atoms with Crippen LogP contribution in [0.2, 0.25) is 0 Å². The highest BCUT2D eigenvalue weighted by Crippen LogP contribution is 2.48. The molecule has 0 N–H and O–H groups in total. The van der Waals surface area contributed by atoms with Crippen LogP contribution in [0.25, 0.3) is 0 Å². The van der Waals surface area contributed by atoms with Crippen LogP contribution in [0, 0.1) is 23.2 Å². The number of ether oxygens (including phenoxy) is 1. The van der Waals surface area contributed by atoms with Crippen molar-refractivity contribution >= 4 is 5.97 Å². The summed E-state index contributed by atoms with van der Waals surface area (Å²) in [5, 5.41) is 0. The van der Waals surface area contributed by atoms with E-state index in [2.05, 4.69) is 27.7 Å². The molecule has 2 heteroatoms. The molecular weight excluding hydrogens is 248 g/mol. The van der Waals surface area contributed by atoms with Gasteiger partial charge in [-0.25, -0.2) is 0 Å². The number of rotatable bonds is 3. The van der Waals surface area contributed by atoms with Crippen LogP contribution in [0.15, 0.2) is 0 Å². The topological polar surface area (TPSA) is 26.3 Å². The van der Waals surface area contributed by atoms with Gasteiger partial charge in [-0.2, -0.15) is 0 Å². The first kappa shape index (κ1) is 15.9. The van der Waals surface area contributed by atoms with Gasteiger partial charge in [0, 0.05) is 0 Å². The lowest BCUT2D eigenvalue weighted by molar-refractivity contribution is -0.180. The summed E-state index contributed by atoms with van der Waals surface area (Å²) in [7, 11) is 0. The Kier molecular flexibility index (Phi) is 4.51. The maximum Gasteiger partial charge on any atom is 0.309 e. The second kappa shape index (κ2) is 5.69. The van der Waals surface area contributed by atoms with E-state index in [1.165, 1.54) is 25.7 Å². The van der Waals surface area contributed by atoms with Crippen LogP contribution in [0.3, 0.4) is 0 Å². The Balaban J connectivity index is 2.07. The van der Waals surface area contributed by atoms with Gasteiger partial charge in [-0.3, -0.25) is 4.79 Å². The fourth-order valence-corrected chi connectivity index (χ4v) is 4.01. The molecule has 2 rings (SSSR count). The molecule has 0 aromatic carbocycles. The second-order valence-corrected chi connectivity index (χ2v) is 8.37. The van der Waals surface area contributed by atoms with Gasteiger partial charge in [-0.05, 0) is 49.4 Å². The van der Waals surface area contributed by atoms with Crippen molar-refractivity contribution in [3.05, 3.63) is 0 Å². The van der Waals surface area contributed by atoms with Crippen LogP contribution in [-0.4, -0.2) is 11.6 Å². The van der Waals surface area contributed by atoms with Gasteiger partial charge in [0.1, 0.15) is 5.60 Å². The second-order valence-electron chi connectivity index (χ2n) is 8.37. The fraction of sp³-hybridized carbons (Fsp3) is 0.944. The summed E-state index contributed by atoms with van der Waals surface area (Å²) in [6, 6.07) is 0. The van der Waals surface area contributed by atoms with Gasteiger partial charge in [0.2, 0.25) is 0 Å². The quantitative estimate of drug-likeness (QED) is 0.683. The van der Waals surface area contributed by atoms with Crippen molar-refractivity contribution in [1.29, 1.82) is 0 Å². The molecule has 2 bridgehead atoms. The zero-order valence-electron chi connectivity index (χ0n) is 14.0. The lowest BCUT2D eigenvalue weighted by Crippen LogP contribution is -2.47. The normalized spacial score (nSPS) is 35.5. The van der Waals surface area contributed by atoms with Crippen molar-refractivity contribution in [3.63, 3.8) is 0 Å². The van der Waals surface area contributed by atoms with Crippen LogP contribution in [0.5, 0.6) is 0 Å². The Hall–Kier alpha value is -0.530. The molecule has 2 aliphatic rings. The molecular formula is C18H32O2. The maximum atomic E-state index is 12.5. The van der Waals surface area contributed by atoms with Crippen molar-refractivity contribution in [2.45, 2.75) is 85.2 Å². The minimum absolute atomic E-state index is 0.0133. The molecule has 0 amide bonds. The standard InChI is InChI=1S/C18H32O2/c1-6-14-10-15-8-7-9-18(11-14,12-15)20-16(19)13(2)17(3,4)5/h13-15H,6-12H2,1-5H3. The molecule has 0 aromatic rings.